The normalized spacial score (nSPS) is 21.3. The van der Waals surface area contributed by atoms with Crippen LogP contribution in [0.3, 0.4) is 0 Å². The number of hydrogen-bond acceptors (Lipinski definition) is 7. The number of amides is 2. The maximum Gasteiger partial charge on any atom is 0.256 e. The van der Waals surface area contributed by atoms with Gasteiger partial charge in [-0.2, -0.15) is 15.6 Å². The van der Waals surface area contributed by atoms with Gasteiger partial charge in [-0.05, 0) is 50.7 Å². The molecule has 1 saturated carbocycles. The molecule has 38 heavy (non-hydrogen) atoms. The molecule has 1 N–H and O–H groups in total. The number of aromatic nitrogens is 4. The third kappa shape index (κ3) is 4.61. The van der Waals surface area contributed by atoms with Crippen molar-refractivity contribution >= 4 is 17.8 Å². The number of hydrogen-bond donors (Lipinski definition) is 1. The molecule has 0 bridgehead atoms. The summed E-state index contributed by atoms with van der Waals surface area (Å²) in [4.78, 5) is 35.6. The molecule has 1 aliphatic heterocycles. The molecule has 0 spiro atoms. The number of nitriles is 2. The lowest BCUT2D eigenvalue weighted by Crippen LogP contribution is -2.43. The molecule has 1 aromatic carbocycles. The standard InChI is InChI=1S/C28H28N8O2/c1-16-4-5-19(11-29)23(8-16)20-9-22(10-20)33-26(37)24-15-36(34-25(24)12-30)18(3)21-13-31-28(32-14-21)35-7-6-17(2)27(35)38/h4-5,8,13-15,17-18,20,22H,6-7,9-10H2,1-3H3,(H,33,37)/t17-,18?,20-,22+/m0/s1. The van der Waals surface area contributed by atoms with Gasteiger partial charge in [0.05, 0.1) is 23.2 Å². The van der Waals surface area contributed by atoms with Crippen molar-refractivity contribution in [2.45, 2.75) is 58.0 Å². The van der Waals surface area contributed by atoms with Crippen LogP contribution in [0.2, 0.25) is 0 Å². The number of aryl methyl sites for hydroxylation is 1. The van der Waals surface area contributed by atoms with Crippen LogP contribution >= 0.6 is 0 Å². The third-order valence-corrected chi connectivity index (χ3v) is 7.58. The van der Waals surface area contributed by atoms with Crippen LogP contribution in [-0.2, 0) is 4.79 Å². The van der Waals surface area contributed by atoms with E-state index in [-0.39, 0.29) is 47.0 Å². The summed E-state index contributed by atoms with van der Waals surface area (Å²) in [5.41, 5.74) is 3.79. The van der Waals surface area contributed by atoms with E-state index in [0.717, 1.165) is 36.0 Å². The fraction of sp³-hybridized carbons (Fsp3) is 0.393. The highest BCUT2D eigenvalue weighted by Gasteiger charge is 2.34. The number of carbonyl (C=O) groups excluding carboxylic acids is 2. The van der Waals surface area contributed by atoms with Gasteiger partial charge in [-0.15, -0.1) is 0 Å². The summed E-state index contributed by atoms with van der Waals surface area (Å²) in [7, 11) is 0. The first-order chi connectivity index (χ1) is 18.3. The van der Waals surface area contributed by atoms with E-state index < -0.39 is 0 Å². The zero-order valence-electron chi connectivity index (χ0n) is 21.5. The molecular formula is C28H28N8O2. The van der Waals surface area contributed by atoms with Gasteiger partial charge in [0.1, 0.15) is 6.07 Å². The monoisotopic (exact) mass is 508 g/mol. The largest absolute Gasteiger partial charge is 0.349 e. The van der Waals surface area contributed by atoms with Crippen molar-refractivity contribution in [2.24, 2.45) is 5.92 Å². The number of carbonyl (C=O) groups is 2. The Morgan fingerprint density at radius 2 is 1.92 bits per heavy atom. The maximum absolute atomic E-state index is 13.0. The molecule has 1 saturated heterocycles. The molecule has 3 aromatic rings. The van der Waals surface area contributed by atoms with Gasteiger partial charge in [-0.25, -0.2) is 9.97 Å². The van der Waals surface area contributed by atoms with Crippen LogP contribution in [0.1, 0.15) is 83.4 Å². The van der Waals surface area contributed by atoms with Gasteiger partial charge in [-0.3, -0.25) is 19.2 Å². The minimum atomic E-state index is -0.346. The topological polar surface area (TPSA) is 141 Å². The lowest BCUT2D eigenvalue weighted by molar-refractivity contribution is -0.119. The van der Waals surface area contributed by atoms with Gasteiger partial charge in [-0.1, -0.05) is 24.6 Å². The Labute approximate surface area is 220 Å². The quantitative estimate of drug-likeness (QED) is 0.538. The SMILES string of the molecule is Cc1ccc(C#N)c([C@H]2C[C@@H](NC(=O)c3cn(C(C)c4cnc(N5CC[C@H](C)C5=O)nc4)nc3C#N)C2)c1. The number of nitrogens with one attached hydrogen (secondary N) is 1. The summed E-state index contributed by atoms with van der Waals surface area (Å²) >= 11 is 0. The molecule has 2 amide bonds. The Morgan fingerprint density at radius 1 is 1.18 bits per heavy atom. The molecule has 2 atom stereocenters. The third-order valence-electron chi connectivity index (χ3n) is 7.58. The fourth-order valence-electron chi connectivity index (χ4n) is 5.07. The summed E-state index contributed by atoms with van der Waals surface area (Å²) in [5.74, 6) is 0.240. The number of benzene rings is 1. The van der Waals surface area contributed by atoms with Gasteiger partial charge < -0.3 is 5.32 Å². The van der Waals surface area contributed by atoms with E-state index in [1.165, 1.54) is 0 Å². The molecule has 2 fully saturated rings. The average Bonchev–Trinajstić information content (AvgIpc) is 3.49. The molecule has 1 aliphatic carbocycles. The first-order valence-corrected chi connectivity index (χ1v) is 12.7. The predicted molar refractivity (Wildman–Crippen MR) is 138 cm³/mol. The molecule has 5 rings (SSSR count). The highest BCUT2D eigenvalue weighted by Crippen LogP contribution is 2.39. The van der Waals surface area contributed by atoms with Crippen LogP contribution in [0, 0.1) is 35.5 Å². The molecule has 10 nitrogen and oxygen atoms in total. The Morgan fingerprint density at radius 3 is 2.55 bits per heavy atom. The van der Waals surface area contributed by atoms with Crippen LogP contribution in [0.5, 0.6) is 0 Å². The Bertz CT molecular complexity index is 1470. The van der Waals surface area contributed by atoms with Crippen molar-refractivity contribution in [3.05, 3.63) is 70.3 Å². The maximum atomic E-state index is 13.0. The van der Waals surface area contributed by atoms with Gasteiger partial charge in [0.25, 0.3) is 5.91 Å². The summed E-state index contributed by atoms with van der Waals surface area (Å²) in [6.45, 7) is 6.38. The van der Waals surface area contributed by atoms with E-state index in [1.807, 2.05) is 45.0 Å². The van der Waals surface area contributed by atoms with Crippen molar-refractivity contribution in [1.82, 2.24) is 25.1 Å². The van der Waals surface area contributed by atoms with Crippen molar-refractivity contribution in [3.8, 4) is 12.1 Å². The van der Waals surface area contributed by atoms with Crippen molar-refractivity contribution in [3.63, 3.8) is 0 Å². The van der Waals surface area contributed by atoms with Crippen LogP contribution < -0.4 is 10.2 Å². The second-order valence-electron chi connectivity index (χ2n) is 10.2. The first kappa shape index (κ1) is 25.1. The van der Waals surface area contributed by atoms with E-state index >= 15 is 0 Å². The number of nitrogens with zero attached hydrogens (tertiary/aromatic N) is 7. The van der Waals surface area contributed by atoms with Crippen molar-refractivity contribution in [1.29, 1.82) is 10.5 Å². The van der Waals surface area contributed by atoms with Crippen LogP contribution in [0.25, 0.3) is 0 Å². The second kappa shape index (κ2) is 10.1. The fourth-order valence-corrected chi connectivity index (χ4v) is 5.07. The Kier molecular flexibility index (Phi) is 6.64. The van der Waals surface area contributed by atoms with E-state index in [9.17, 15) is 20.1 Å². The smallest absolute Gasteiger partial charge is 0.256 e. The molecule has 0 radical (unpaired) electrons. The van der Waals surface area contributed by atoms with Crippen LogP contribution in [0.15, 0.2) is 36.8 Å². The van der Waals surface area contributed by atoms with E-state index in [4.69, 9.17) is 0 Å². The van der Waals surface area contributed by atoms with Gasteiger partial charge >= 0.3 is 0 Å². The first-order valence-electron chi connectivity index (χ1n) is 12.7. The van der Waals surface area contributed by atoms with E-state index in [2.05, 4.69) is 26.5 Å². The van der Waals surface area contributed by atoms with Crippen LogP contribution in [0.4, 0.5) is 5.95 Å². The molecule has 10 heteroatoms. The van der Waals surface area contributed by atoms with E-state index in [1.54, 1.807) is 28.2 Å². The van der Waals surface area contributed by atoms with E-state index in [0.29, 0.717) is 18.1 Å². The zero-order chi connectivity index (χ0) is 27.0. The lowest BCUT2D eigenvalue weighted by atomic mass is 9.74. The van der Waals surface area contributed by atoms with Crippen molar-refractivity contribution in [2.75, 3.05) is 11.4 Å². The highest BCUT2D eigenvalue weighted by atomic mass is 16.2. The van der Waals surface area contributed by atoms with Crippen molar-refractivity contribution < 1.29 is 9.59 Å². The zero-order valence-corrected chi connectivity index (χ0v) is 21.5. The second-order valence-corrected chi connectivity index (χ2v) is 10.2. The van der Waals surface area contributed by atoms with Gasteiger partial charge in [0.15, 0.2) is 5.69 Å². The summed E-state index contributed by atoms with van der Waals surface area (Å²) in [6, 6.07) is 9.72. The van der Waals surface area contributed by atoms with Gasteiger partial charge in [0, 0.05) is 42.7 Å². The number of anilines is 1. The molecular weight excluding hydrogens is 480 g/mol. The average molecular weight is 509 g/mol. The molecule has 3 heterocycles. The predicted octanol–water partition coefficient (Wildman–Crippen LogP) is 3.38. The summed E-state index contributed by atoms with van der Waals surface area (Å²) in [6.07, 6.45) is 7.11. The van der Waals surface area contributed by atoms with Crippen LogP contribution in [-0.4, -0.2) is 44.1 Å². The summed E-state index contributed by atoms with van der Waals surface area (Å²) < 4.78 is 1.56. The summed E-state index contributed by atoms with van der Waals surface area (Å²) in [5, 5.41) is 26.4. The minimum Gasteiger partial charge on any atom is -0.349 e. The Hall–Kier alpha value is -4.57. The molecule has 2 aliphatic rings. The number of rotatable bonds is 6. The Balaban J connectivity index is 1.25. The van der Waals surface area contributed by atoms with Gasteiger partial charge in [0.2, 0.25) is 11.9 Å². The molecule has 1 unspecified atom stereocenters. The minimum absolute atomic E-state index is 0.0226. The molecule has 192 valence electrons. The molecule has 2 aromatic heterocycles. The lowest BCUT2D eigenvalue weighted by Gasteiger charge is -2.36. The highest BCUT2D eigenvalue weighted by molar-refractivity contribution is 5.96.